The Bertz CT molecular complexity index is 573. The lowest BCUT2D eigenvalue weighted by Gasteiger charge is -2.02. The van der Waals surface area contributed by atoms with Gasteiger partial charge in [0.15, 0.2) is 5.78 Å². The average Bonchev–Trinajstić information content (AvgIpc) is 3.11. The largest absolute Gasteiger partial charge is 0.508 e. The number of fused-ring (bicyclic) bond motifs is 1. The quantitative estimate of drug-likeness (QED) is 0.589. The summed E-state index contributed by atoms with van der Waals surface area (Å²) >= 11 is 0. The summed E-state index contributed by atoms with van der Waals surface area (Å²) in [4.78, 5) is 11.8. The van der Waals surface area contributed by atoms with E-state index in [9.17, 15) is 9.90 Å². The SMILES string of the molecule is O=C(c1ccc2cc(O)ccc2c1)C1CN1. The Labute approximate surface area is 92.7 Å². The molecule has 3 nitrogen and oxygen atoms in total. The van der Waals surface area contributed by atoms with Crippen LogP contribution in [0.1, 0.15) is 10.4 Å². The number of phenols is 1. The summed E-state index contributed by atoms with van der Waals surface area (Å²) in [6.07, 6.45) is 0. The maximum Gasteiger partial charge on any atom is 0.181 e. The van der Waals surface area contributed by atoms with Crippen LogP contribution in [0.2, 0.25) is 0 Å². The number of benzene rings is 2. The predicted octanol–water partition coefficient (Wildman–Crippen LogP) is 1.70. The molecule has 0 amide bonds. The third-order valence-corrected chi connectivity index (χ3v) is 2.83. The molecule has 1 aliphatic heterocycles. The lowest BCUT2D eigenvalue weighted by Crippen LogP contribution is -2.09. The summed E-state index contributed by atoms with van der Waals surface area (Å²) in [7, 11) is 0. The Hall–Kier alpha value is -1.87. The van der Waals surface area contributed by atoms with Crippen molar-refractivity contribution in [2.45, 2.75) is 6.04 Å². The van der Waals surface area contributed by atoms with Gasteiger partial charge in [0.1, 0.15) is 5.75 Å². The number of hydrogen-bond donors (Lipinski definition) is 2. The molecule has 0 aromatic heterocycles. The molecule has 3 heteroatoms. The number of carbonyl (C=O) groups is 1. The molecule has 3 rings (SSSR count). The van der Waals surface area contributed by atoms with Crippen LogP contribution < -0.4 is 5.32 Å². The molecular formula is C13H11NO2. The van der Waals surface area contributed by atoms with Crippen molar-refractivity contribution < 1.29 is 9.90 Å². The number of rotatable bonds is 2. The molecule has 16 heavy (non-hydrogen) atoms. The van der Waals surface area contributed by atoms with E-state index in [0.717, 1.165) is 22.9 Å². The number of aromatic hydroxyl groups is 1. The first-order chi connectivity index (χ1) is 7.74. The molecule has 1 heterocycles. The number of Topliss-reactive ketones (excluding diaryl/α,β-unsaturated/α-hetero) is 1. The zero-order chi connectivity index (χ0) is 11.1. The number of ketones is 1. The first-order valence-electron chi connectivity index (χ1n) is 5.24. The van der Waals surface area contributed by atoms with E-state index in [0.29, 0.717) is 0 Å². The molecule has 1 unspecified atom stereocenters. The average molecular weight is 213 g/mol. The molecule has 80 valence electrons. The molecule has 0 bridgehead atoms. The molecule has 0 aliphatic carbocycles. The van der Waals surface area contributed by atoms with E-state index in [1.165, 1.54) is 0 Å². The highest BCUT2D eigenvalue weighted by Crippen LogP contribution is 2.22. The molecule has 1 aliphatic rings. The second-order valence-electron chi connectivity index (χ2n) is 4.07. The summed E-state index contributed by atoms with van der Waals surface area (Å²) in [6, 6.07) is 10.7. The minimum absolute atomic E-state index is 0.00886. The lowest BCUT2D eigenvalue weighted by atomic mass is 10.0. The van der Waals surface area contributed by atoms with Gasteiger partial charge in [-0.05, 0) is 29.0 Å². The zero-order valence-corrected chi connectivity index (χ0v) is 8.60. The van der Waals surface area contributed by atoms with Gasteiger partial charge in [0, 0.05) is 12.1 Å². The van der Waals surface area contributed by atoms with Gasteiger partial charge in [0.05, 0.1) is 6.04 Å². The summed E-state index contributed by atoms with van der Waals surface area (Å²) in [5.41, 5.74) is 0.730. The van der Waals surface area contributed by atoms with E-state index in [4.69, 9.17) is 0 Å². The van der Waals surface area contributed by atoms with Crippen LogP contribution in [0.3, 0.4) is 0 Å². The zero-order valence-electron chi connectivity index (χ0n) is 8.60. The molecule has 0 spiro atoms. The summed E-state index contributed by atoms with van der Waals surface area (Å²) in [5, 5.41) is 14.3. The normalized spacial score (nSPS) is 18.6. The summed E-state index contributed by atoms with van der Waals surface area (Å²) in [6.45, 7) is 0.784. The van der Waals surface area contributed by atoms with Crippen molar-refractivity contribution in [2.75, 3.05) is 6.54 Å². The van der Waals surface area contributed by atoms with Crippen LogP contribution in [0.5, 0.6) is 5.75 Å². The number of phenolic OH excluding ortho intramolecular Hbond substituents is 1. The maximum absolute atomic E-state index is 11.8. The van der Waals surface area contributed by atoms with Crippen molar-refractivity contribution in [3.63, 3.8) is 0 Å². The van der Waals surface area contributed by atoms with Gasteiger partial charge in [0.25, 0.3) is 0 Å². The van der Waals surface area contributed by atoms with Gasteiger partial charge in [-0.1, -0.05) is 18.2 Å². The van der Waals surface area contributed by atoms with E-state index < -0.39 is 0 Å². The van der Waals surface area contributed by atoms with E-state index in [-0.39, 0.29) is 17.6 Å². The smallest absolute Gasteiger partial charge is 0.181 e. The minimum atomic E-state index is 0.00886. The molecule has 2 N–H and O–H groups in total. The topological polar surface area (TPSA) is 59.2 Å². The van der Waals surface area contributed by atoms with Crippen molar-refractivity contribution in [3.8, 4) is 5.75 Å². The lowest BCUT2D eigenvalue weighted by molar-refractivity contribution is 0.0991. The molecule has 0 radical (unpaired) electrons. The molecule has 1 atom stereocenters. The van der Waals surface area contributed by atoms with Crippen LogP contribution in [0.25, 0.3) is 10.8 Å². The fourth-order valence-corrected chi connectivity index (χ4v) is 1.83. The van der Waals surface area contributed by atoms with E-state index >= 15 is 0 Å². The molecule has 2 aromatic carbocycles. The standard InChI is InChI=1S/C13H11NO2/c15-11-4-3-8-5-10(2-1-9(8)6-11)13(16)12-7-14-12/h1-6,12,14-15H,7H2. The van der Waals surface area contributed by atoms with Gasteiger partial charge >= 0.3 is 0 Å². The minimum Gasteiger partial charge on any atom is -0.508 e. The van der Waals surface area contributed by atoms with Crippen LogP contribution in [0.4, 0.5) is 0 Å². The van der Waals surface area contributed by atoms with E-state index in [2.05, 4.69) is 5.32 Å². The first-order valence-corrected chi connectivity index (χ1v) is 5.24. The summed E-state index contributed by atoms with van der Waals surface area (Å²) in [5.74, 6) is 0.394. The van der Waals surface area contributed by atoms with Crippen molar-refractivity contribution in [2.24, 2.45) is 0 Å². The van der Waals surface area contributed by atoms with Crippen molar-refractivity contribution in [1.29, 1.82) is 0 Å². The Morgan fingerprint density at radius 2 is 1.88 bits per heavy atom. The van der Waals surface area contributed by atoms with Crippen molar-refractivity contribution in [1.82, 2.24) is 5.32 Å². The first kappa shape index (κ1) is 9.36. The fraction of sp³-hybridized carbons (Fsp3) is 0.154. The van der Waals surface area contributed by atoms with Gasteiger partial charge in [0.2, 0.25) is 0 Å². The molecule has 1 fully saturated rings. The molecule has 2 aromatic rings. The summed E-state index contributed by atoms with van der Waals surface area (Å²) < 4.78 is 0. The highest BCUT2D eigenvalue weighted by molar-refractivity contribution is 6.04. The van der Waals surface area contributed by atoms with Crippen molar-refractivity contribution >= 4 is 16.6 Å². The number of nitrogens with one attached hydrogen (secondary N) is 1. The van der Waals surface area contributed by atoms with Crippen LogP contribution in [0.15, 0.2) is 36.4 Å². The van der Waals surface area contributed by atoms with E-state index in [1.807, 2.05) is 24.3 Å². The van der Waals surface area contributed by atoms with Crippen LogP contribution in [-0.4, -0.2) is 23.5 Å². The monoisotopic (exact) mass is 213 g/mol. The third-order valence-electron chi connectivity index (χ3n) is 2.83. The molecular weight excluding hydrogens is 202 g/mol. The van der Waals surface area contributed by atoms with Crippen LogP contribution in [-0.2, 0) is 0 Å². The molecule has 0 saturated carbocycles. The van der Waals surface area contributed by atoms with Gasteiger partial charge in [-0.2, -0.15) is 0 Å². The van der Waals surface area contributed by atoms with Crippen LogP contribution >= 0.6 is 0 Å². The number of hydrogen-bond acceptors (Lipinski definition) is 3. The number of carbonyl (C=O) groups excluding carboxylic acids is 1. The highest BCUT2D eigenvalue weighted by Gasteiger charge is 2.29. The Morgan fingerprint density at radius 3 is 2.62 bits per heavy atom. The van der Waals surface area contributed by atoms with Gasteiger partial charge < -0.3 is 10.4 Å². The maximum atomic E-state index is 11.8. The Balaban J connectivity index is 2.08. The fourth-order valence-electron chi connectivity index (χ4n) is 1.83. The Morgan fingerprint density at radius 1 is 1.19 bits per heavy atom. The Kier molecular flexibility index (Phi) is 1.94. The van der Waals surface area contributed by atoms with Gasteiger partial charge in [-0.3, -0.25) is 4.79 Å². The molecule has 1 saturated heterocycles. The van der Waals surface area contributed by atoms with Crippen LogP contribution in [0, 0.1) is 0 Å². The predicted molar refractivity (Wildman–Crippen MR) is 61.7 cm³/mol. The van der Waals surface area contributed by atoms with Gasteiger partial charge in [-0.25, -0.2) is 0 Å². The third kappa shape index (κ3) is 1.55. The second-order valence-corrected chi connectivity index (χ2v) is 4.07. The van der Waals surface area contributed by atoms with E-state index in [1.54, 1.807) is 12.1 Å². The second kappa shape index (κ2) is 3.32. The van der Waals surface area contributed by atoms with Gasteiger partial charge in [-0.15, -0.1) is 0 Å². The highest BCUT2D eigenvalue weighted by atomic mass is 16.3. The van der Waals surface area contributed by atoms with Crippen molar-refractivity contribution in [3.05, 3.63) is 42.0 Å².